The van der Waals surface area contributed by atoms with Gasteiger partial charge in [0, 0.05) is 18.1 Å². The van der Waals surface area contributed by atoms with Crippen molar-refractivity contribution >= 4 is 0 Å². The van der Waals surface area contributed by atoms with Crippen LogP contribution in [0.1, 0.15) is 24.2 Å². The van der Waals surface area contributed by atoms with Gasteiger partial charge >= 0.3 is 0 Å². The number of hydrogen-bond donors (Lipinski definition) is 1. The van der Waals surface area contributed by atoms with Gasteiger partial charge in [-0.15, -0.1) is 0 Å². The van der Waals surface area contributed by atoms with Crippen molar-refractivity contribution in [1.29, 1.82) is 0 Å². The number of ether oxygens (including phenoxy) is 2. The Balaban J connectivity index is 1.61. The van der Waals surface area contributed by atoms with Gasteiger partial charge in [-0.1, -0.05) is 18.2 Å². The molecule has 0 fully saturated rings. The summed E-state index contributed by atoms with van der Waals surface area (Å²) in [6.07, 6.45) is -0.0849. The second kappa shape index (κ2) is 5.74. The highest BCUT2D eigenvalue weighted by molar-refractivity contribution is 5.37. The molecular weight excluding hydrogens is 271 g/mol. The molecule has 0 aliphatic carbocycles. The minimum Gasteiger partial charge on any atom is -0.490 e. The van der Waals surface area contributed by atoms with Gasteiger partial charge in [-0.3, -0.25) is 0 Å². The second-order valence-corrected chi connectivity index (χ2v) is 5.22. The molecule has 1 heterocycles. The predicted octanol–water partition coefficient (Wildman–Crippen LogP) is 3.26. The summed E-state index contributed by atoms with van der Waals surface area (Å²) in [6.45, 7) is 1.89. The van der Waals surface area contributed by atoms with Gasteiger partial charge in [0.15, 0.2) is 0 Å². The van der Waals surface area contributed by atoms with E-state index in [1.54, 1.807) is 12.1 Å². The highest BCUT2D eigenvalue weighted by atomic mass is 19.1. The van der Waals surface area contributed by atoms with E-state index in [9.17, 15) is 9.50 Å². The molecule has 3 rings (SSSR count). The number of para-hydroxylation sites is 1. The van der Waals surface area contributed by atoms with Gasteiger partial charge in [0.2, 0.25) is 0 Å². The van der Waals surface area contributed by atoms with E-state index in [1.165, 1.54) is 18.6 Å². The van der Waals surface area contributed by atoms with Crippen LogP contribution >= 0.6 is 0 Å². The van der Waals surface area contributed by atoms with E-state index in [4.69, 9.17) is 9.47 Å². The van der Waals surface area contributed by atoms with Gasteiger partial charge in [-0.05, 0) is 30.7 Å². The summed E-state index contributed by atoms with van der Waals surface area (Å²) in [7, 11) is 0. The van der Waals surface area contributed by atoms with Crippen molar-refractivity contribution in [2.75, 3.05) is 6.61 Å². The maximum absolute atomic E-state index is 13.7. The number of benzene rings is 2. The van der Waals surface area contributed by atoms with Gasteiger partial charge < -0.3 is 14.6 Å². The van der Waals surface area contributed by atoms with Crippen molar-refractivity contribution < 1.29 is 19.0 Å². The molecule has 1 aliphatic heterocycles. The fraction of sp³-hybridized carbons (Fsp3) is 0.294. The first-order chi connectivity index (χ1) is 10.1. The third-order valence-corrected chi connectivity index (χ3v) is 3.57. The molecule has 110 valence electrons. The number of fused-ring (bicyclic) bond motifs is 1. The summed E-state index contributed by atoms with van der Waals surface area (Å²) < 4.78 is 25.1. The quantitative estimate of drug-likeness (QED) is 0.938. The van der Waals surface area contributed by atoms with Gasteiger partial charge in [0.05, 0.1) is 6.10 Å². The molecule has 1 aliphatic rings. The lowest BCUT2D eigenvalue weighted by Crippen LogP contribution is -2.22. The van der Waals surface area contributed by atoms with Crippen molar-refractivity contribution in [2.24, 2.45) is 0 Å². The Labute approximate surface area is 122 Å². The topological polar surface area (TPSA) is 38.7 Å². The highest BCUT2D eigenvalue weighted by Crippen LogP contribution is 2.29. The third kappa shape index (κ3) is 3.00. The highest BCUT2D eigenvalue weighted by Gasteiger charge is 2.23. The Kier molecular flexibility index (Phi) is 3.80. The maximum Gasteiger partial charge on any atom is 0.137 e. The fourth-order valence-electron chi connectivity index (χ4n) is 2.47. The Bertz CT molecular complexity index is 615. The molecule has 0 bridgehead atoms. The van der Waals surface area contributed by atoms with Crippen LogP contribution in [-0.2, 0) is 6.42 Å². The Hall–Kier alpha value is -2.07. The summed E-state index contributed by atoms with van der Waals surface area (Å²) in [5, 5.41) is 9.40. The van der Waals surface area contributed by atoms with E-state index in [-0.39, 0.29) is 11.7 Å². The predicted molar refractivity (Wildman–Crippen MR) is 77.1 cm³/mol. The van der Waals surface area contributed by atoms with Crippen LogP contribution in [0.3, 0.4) is 0 Å². The first kappa shape index (κ1) is 13.9. The minimum absolute atomic E-state index is 0.0538. The van der Waals surface area contributed by atoms with Crippen LogP contribution in [0.4, 0.5) is 4.39 Å². The molecule has 21 heavy (non-hydrogen) atoms. The molecular formula is C17H17FO3. The first-order valence-electron chi connectivity index (χ1n) is 6.98. The summed E-state index contributed by atoms with van der Waals surface area (Å²) in [4.78, 5) is 0. The zero-order valence-corrected chi connectivity index (χ0v) is 11.8. The Morgan fingerprint density at radius 2 is 2.14 bits per heavy atom. The van der Waals surface area contributed by atoms with Crippen LogP contribution in [0.5, 0.6) is 11.5 Å². The van der Waals surface area contributed by atoms with Gasteiger partial charge in [0.25, 0.3) is 0 Å². The molecule has 0 amide bonds. The second-order valence-electron chi connectivity index (χ2n) is 5.22. The molecule has 2 aromatic rings. The van der Waals surface area contributed by atoms with E-state index in [0.717, 1.165) is 12.2 Å². The number of rotatable bonds is 4. The smallest absolute Gasteiger partial charge is 0.137 e. The van der Waals surface area contributed by atoms with E-state index in [0.29, 0.717) is 12.4 Å². The van der Waals surface area contributed by atoms with Crippen LogP contribution in [-0.4, -0.2) is 17.8 Å². The molecule has 4 heteroatoms. The Morgan fingerprint density at radius 1 is 1.33 bits per heavy atom. The first-order valence-corrected chi connectivity index (χ1v) is 6.98. The average Bonchev–Trinajstić information content (AvgIpc) is 2.87. The number of aliphatic hydroxyl groups excluding tert-OH is 1. The van der Waals surface area contributed by atoms with Crippen molar-refractivity contribution in [2.45, 2.75) is 25.6 Å². The third-order valence-electron chi connectivity index (χ3n) is 3.57. The van der Waals surface area contributed by atoms with E-state index in [2.05, 4.69) is 0 Å². The van der Waals surface area contributed by atoms with Crippen LogP contribution in [0, 0.1) is 5.82 Å². The normalized spacial score (nSPS) is 18.0. The number of aliphatic hydroxyl groups is 1. The van der Waals surface area contributed by atoms with Gasteiger partial charge in [-0.2, -0.15) is 0 Å². The van der Waals surface area contributed by atoms with Crippen molar-refractivity contribution in [3.05, 3.63) is 59.4 Å². The van der Waals surface area contributed by atoms with Crippen LogP contribution in [0.25, 0.3) is 0 Å². The lowest BCUT2D eigenvalue weighted by atomic mass is 10.1. The number of hydrogen-bond acceptors (Lipinski definition) is 3. The molecule has 1 N–H and O–H groups in total. The molecule has 0 saturated carbocycles. The lowest BCUT2D eigenvalue weighted by Gasteiger charge is -2.13. The number of halogens is 1. The molecule has 0 saturated heterocycles. The van der Waals surface area contributed by atoms with E-state index >= 15 is 0 Å². The molecule has 0 aromatic heterocycles. The standard InChI is InChI=1S/C17H17FO3/c1-11(19)15-7-6-13(9-16(15)18)20-10-14-8-12-4-2-3-5-17(12)21-14/h2-7,9,11,14,19H,8,10H2,1H3. The largest absolute Gasteiger partial charge is 0.490 e. The van der Waals surface area contributed by atoms with Crippen LogP contribution < -0.4 is 9.47 Å². The van der Waals surface area contributed by atoms with Gasteiger partial charge in [-0.25, -0.2) is 4.39 Å². The molecule has 2 aromatic carbocycles. The monoisotopic (exact) mass is 288 g/mol. The maximum atomic E-state index is 13.7. The summed E-state index contributed by atoms with van der Waals surface area (Å²) >= 11 is 0. The minimum atomic E-state index is -0.827. The summed E-state index contributed by atoms with van der Waals surface area (Å²) in [5.41, 5.74) is 1.44. The van der Waals surface area contributed by atoms with Crippen LogP contribution in [0.15, 0.2) is 42.5 Å². The average molecular weight is 288 g/mol. The molecule has 0 spiro atoms. The SMILES string of the molecule is CC(O)c1ccc(OCC2Cc3ccccc3O2)cc1F. The lowest BCUT2D eigenvalue weighted by molar-refractivity contribution is 0.148. The molecule has 2 atom stereocenters. The van der Waals surface area contributed by atoms with E-state index < -0.39 is 11.9 Å². The molecule has 3 nitrogen and oxygen atoms in total. The molecule has 0 radical (unpaired) electrons. The Morgan fingerprint density at radius 3 is 2.86 bits per heavy atom. The van der Waals surface area contributed by atoms with Crippen molar-refractivity contribution in [3.8, 4) is 11.5 Å². The molecule has 2 unspecified atom stereocenters. The fourth-order valence-corrected chi connectivity index (χ4v) is 2.47. The van der Waals surface area contributed by atoms with Crippen molar-refractivity contribution in [1.82, 2.24) is 0 Å². The van der Waals surface area contributed by atoms with E-state index in [1.807, 2.05) is 24.3 Å². The van der Waals surface area contributed by atoms with Crippen molar-refractivity contribution in [3.63, 3.8) is 0 Å². The summed E-state index contributed by atoms with van der Waals surface area (Å²) in [5.74, 6) is 0.872. The van der Waals surface area contributed by atoms with Crippen LogP contribution in [0.2, 0.25) is 0 Å². The summed E-state index contributed by atoms with van der Waals surface area (Å²) in [6, 6.07) is 12.4. The van der Waals surface area contributed by atoms with Gasteiger partial charge in [0.1, 0.15) is 30.0 Å². The zero-order chi connectivity index (χ0) is 14.8. The zero-order valence-electron chi connectivity index (χ0n) is 11.8.